The van der Waals surface area contributed by atoms with Crippen molar-refractivity contribution in [3.8, 4) is 11.5 Å². The molecule has 4 nitrogen and oxygen atoms in total. The number of nitrogens with one attached hydrogen (secondary N) is 1. The van der Waals surface area contributed by atoms with E-state index in [-0.39, 0.29) is 0 Å². The van der Waals surface area contributed by atoms with Gasteiger partial charge in [0.05, 0.1) is 14.2 Å². The van der Waals surface area contributed by atoms with Crippen LogP contribution in [0.2, 0.25) is 0 Å². The smallest absolute Gasteiger partial charge is 0.162 e. The monoisotopic (exact) mass is 276 g/mol. The number of methoxy groups -OCH3 is 2. The molecule has 2 fully saturated rings. The first-order valence-corrected chi connectivity index (χ1v) is 7.48. The lowest BCUT2D eigenvalue weighted by molar-refractivity contribution is 0.303. The normalized spacial score (nSPS) is 21.2. The van der Waals surface area contributed by atoms with Crippen LogP contribution in [0, 0.1) is 0 Å². The van der Waals surface area contributed by atoms with Gasteiger partial charge in [-0.3, -0.25) is 0 Å². The Morgan fingerprint density at radius 2 is 1.85 bits per heavy atom. The zero-order valence-electron chi connectivity index (χ0n) is 12.4. The van der Waals surface area contributed by atoms with E-state index in [0.29, 0.717) is 5.54 Å². The van der Waals surface area contributed by atoms with Crippen molar-refractivity contribution in [2.75, 3.05) is 38.8 Å². The van der Waals surface area contributed by atoms with E-state index < -0.39 is 0 Å². The van der Waals surface area contributed by atoms with Gasteiger partial charge in [0, 0.05) is 36.9 Å². The van der Waals surface area contributed by atoms with Crippen molar-refractivity contribution in [3.63, 3.8) is 0 Å². The first-order valence-electron chi connectivity index (χ1n) is 7.48. The Hall–Kier alpha value is -1.42. The van der Waals surface area contributed by atoms with E-state index in [1.54, 1.807) is 14.2 Å². The van der Waals surface area contributed by atoms with Crippen LogP contribution in [-0.4, -0.2) is 39.4 Å². The fraction of sp³-hybridized carbons (Fsp3) is 0.625. The molecule has 20 heavy (non-hydrogen) atoms. The van der Waals surface area contributed by atoms with E-state index in [2.05, 4.69) is 22.3 Å². The molecule has 1 saturated heterocycles. The molecule has 3 rings (SSSR count). The van der Waals surface area contributed by atoms with Crippen molar-refractivity contribution >= 4 is 5.69 Å². The third-order valence-corrected chi connectivity index (χ3v) is 4.67. The Balaban J connectivity index is 1.81. The molecule has 0 amide bonds. The maximum absolute atomic E-state index is 5.42. The van der Waals surface area contributed by atoms with Crippen LogP contribution in [0.3, 0.4) is 0 Å². The molecule has 0 aromatic heterocycles. The van der Waals surface area contributed by atoms with Crippen LogP contribution in [0.15, 0.2) is 18.2 Å². The highest BCUT2D eigenvalue weighted by Gasteiger charge is 2.37. The summed E-state index contributed by atoms with van der Waals surface area (Å²) in [5, 5.41) is 3.75. The fourth-order valence-corrected chi connectivity index (χ4v) is 3.58. The lowest BCUT2D eigenvalue weighted by Gasteiger charge is -2.42. The van der Waals surface area contributed by atoms with E-state index in [1.807, 2.05) is 6.07 Å². The molecule has 0 atom stereocenters. The number of ether oxygens (including phenoxy) is 2. The first kappa shape index (κ1) is 13.6. The summed E-state index contributed by atoms with van der Waals surface area (Å²) in [5.41, 5.74) is 1.57. The summed E-state index contributed by atoms with van der Waals surface area (Å²) < 4.78 is 10.7. The van der Waals surface area contributed by atoms with Gasteiger partial charge in [0.25, 0.3) is 0 Å². The summed E-state index contributed by atoms with van der Waals surface area (Å²) >= 11 is 0. The molecule has 4 heteroatoms. The molecule has 1 heterocycles. The summed E-state index contributed by atoms with van der Waals surface area (Å²) in [7, 11) is 3.37. The van der Waals surface area contributed by atoms with Gasteiger partial charge in [0.15, 0.2) is 11.5 Å². The summed E-state index contributed by atoms with van der Waals surface area (Å²) in [4.78, 5) is 2.48. The van der Waals surface area contributed by atoms with Gasteiger partial charge in [-0.05, 0) is 25.0 Å². The third-order valence-electron chi connectivity index (χ3n) is 4.67. The van der Waals surface area contributed by atoms with Crippen LogP contribution in [0.5, 0.6) is 11.5 Å². The molecule has 110 valence electrons. The molecule has 1 aromatic carbocycles. The Morgan fingerprint density at radius 1 is 1.10 bits per heavy atom. The summed E-state index contributed by atoms with van der Waals surface area (Å²) in [6, 6.07) is 6.22. The Bertz CT molecular complexity index is 470. The fourth-order valence-electron chi connectivity index (χ4n) is 3.58. The number of rotatable bonds is 3. The zero-order valence-corrected chi connectivity index (χ0v) is 12.4. The second kappa shape index (κ2) is 5.52. The second-order valence-corrected chi connectivity index (χ2v) is 5.88. The highest BCUT2D eigenvalue weighted by atomic mass is 16.5. The minimum absolute atomic E-state index is 0.339. The molecule has 1 spiro atoms. The second-order valence-electron chi connectivity index (χ2n) is 5.88. The van der Waals surface area contributed by atoms with E-state index in [1.165, 1.54) is 31.4 Å². The van der Waals surface area contributed by atoms with Gasteiger partial charge in [0.2, 0.25) is 0 Å². The molecule has 1 saturated carbocycles. The molecule has 2 aliphatic rings. The van der Waals surface area contributed by atoms with Gasteiger partial charge >= 0.3 is 0 Å². The van der Waals surface area contributed by atoms with Crippen LogP contribution in [0.1, 0.15) is 25.7 Å². The molecule has 1 N–H and O–H groups in total. The van der Waals surface area contributed by atoms with Crippen molar-refractivity contribution in [1.29, 1.82) is 0 Å². The topological polar surface area (TPSA) is 33.7 Å². The van der Waals surface area contributed by atoms with Gasteiger partial charge in [-0.2, -0.15) is 0 Å². The van der Waals surface area contributed by atoms with E-state index >= 15 is 0 Å². The van der Waals surface area contributed by atoms with Crippen LogP contribution in [-0.2, 0) is 0 Å². The van der Waals surface area contributed by atoms with Gasteiger partial charge < -0.3 is 19.7 Å². The van der Waals surface area contributed by atoms with E-state index in [4.69, 9.17) is 9.47 Å². The number of hydrogen-bond acceptors (Lipinski definition) is 4. The predicted octanol–water partition coefficient (Wildman–Crippen LogP) is 2.43. The minimum atomic E-state index is 0.339. The maximum Gasteiger partial charge on any atom is 0.162 e. The number of anilines is 1. The molecule has 1 aliphatic heterocycles. The lowest BCUT2D eigenvalue weighted by Crippen LogP contribution is -2.59. The maximum atomic E-state index is 5.42. The van der Waals surface area contributed by atoms with E-state index in [9.17, 15) is 0 Å². The Kier molecular flexibility index (Phi) is 3.74. The van der Waals surface area contributed by atoms with E-state index in [0.717, 1.165) is 31.1 Å². The van der Waals surface area contributed by atoms with Crippen molar-refractivity contribution in [3.05, 3.63) is 18.2 Å². The van der Waals surface area contributed by atoms with Crippen LogP contribution >= 0.6 is 0 Å². The summed E-state index contributed by atoms with van der Waals surface area (Å²) in [6.07, 6.45) is 5.31. The SMILES string of the molecule is COc1ccc(N2CCNC3(CCCC3)C2)cc1OC. The molecule has 0 unspecified atom stereocenters. The quantitative estimate of drug-likeness (QED) is 0.919. The van der Waals surface area contributed by atoms with Gasteiger partial charge in [-0.25, -0.2) is 0 Å². The molecule has 0 radical (unpaired) electrons. The molecular weight excluding hydrogens is 252 g/mol. The van der Waals surface area contributed by atoms with Crippen LogP contribution < -0.4 is 19.7 Å². The Labute approximate surface area is 121 Å². The number of nitrogens with zero attached hydrogens (tertiary/aromatic N) is 1. The average molecular weight is 276 g/mol. The molecule has 1 aliphatic carbocycles. The van der Waals surface area contributed by atoms with Gasteiger partial charge in [-0.1, -0.05) is 12.8 Å². The van der Waals surface area contributed by atoms with Crippen molar-refractivity contribution in [2.45, 2.75) is 31.2 Å². The summed E-state index contributed by atoms with van der Waals surface area (Å²) in [5.74, 6) is 1.60. The van der Waals surface area contributed by atoms with Crippen LogP contribution in [0.25, 0.3) is 0 Å². The number of piperazine rings is 1. The van der Waals surface area contributed by atoms with Crippen molar-refractivity contribution in [1.82, 2.24) is 5.32 Å². The van der Waals surface area contributed by atoms with Gasteiger partial charge in [0.1, 0.15) is 0 Å². The molecule has 1 aromatic rings. The van der Waals surface area contributed by atoms with Gasteiger partial charge in [-0.15, -0.1) is 0 Å². The minimum Gasteiger partial charge on any atom is -0.493 e. The number of benzene rings is 1. The van der Waals surface area contributed by atoms with Crippen molar-refractivity contribution in [2.24, 2.45) is 0 Å². The zero-order chi connectivity index (χ0) is 14.0. The Morgan fingerprint density at radius 3 is 2.55 bits per heavy atom. The molecule has 0 bridgehead atoms. The lowest BCUT2D eigenvalue weighted by atomic mass is 9.94. The van der Waals surface area contributed by atoms with Crippen LogP contribution in [0.4, 0.5) is 5.69 Å². The highest BCUT2D eigenvalue weighted by Crippen LogP contribution is 2.36. The molecular formula is C16H24N2O2. The standard InChI is InChI=1S/C16H24N2O2/c1-19-14-6-5-13(11-15(14)20-2)18-10-9-17-16(12-18)7-3-4-8-16/h5-6,11,17H,3-4,7-10,12H2,1-2H3. The number of hydrogen-bond donors (Lipinski definition) is 1. The average Bonchev–Trinajstić information content (AvgIpc) is 2.94. The third kappa shape index (κ3) is 2.44. The predicted molar refractivity (Wildman–Crippen MR) is 81.0 cm³/mol. The first-order chi connectivity index (χ1) is 9.76. The highest BCUT2D eigenvalue weighted by molar-refractivity contribution is 5.57. The van der Waals surface area contributed by atoms with Crippen molar-refractivity contribution < 1.29 is 9.47 Å². The summed E-state index contributed by atoms with van der Waals surface area (Å²) in [6.45, 7) is 3.22. The largest absolute Gasteiger partial charge is 0.493 e.